The first-order chi connectivity index (χ1) is 11.7. The molecular weight excluding hydrogens is 338 g/mol. The van der Waals surface area contributed by atoms with Gasteiger partial charge in [0.1, 0.15) is 5.69 Å². The van der Waals surface area contributed by atoms with Crippen LogP contribution in [0.15, 0.2) is 42.6 Å². The zero-order chi connectivity index (χ0) is 16.8. The summed E-state index contributed by atoms with van der Waals surface area (Å²) >= 11 is 0. The topological polar surface area (TPSA) is 62.2 Å². The molecule has 0 spiro atoms. The molecule has 6 nitrogen and oxygen atoms in total. The molecule has 1 aliphatic heterocycles. The first-order valence-corrected chi connectivity index (χ1v) is 8.54. The molecule has 136 valence electrons. The van der Waals surface area contributed by atoms with Gasteiger partial charge < -0.3 is 15.5 Å². The van der Waals surface area contributed by atoms with E-state index in [1.165, 1.54) is 0 Å². The molecule has 1 aromatic heterocycles. The maximum atomic E-state index is 12.2. The predicted molar refractivity (Wildman–Crippen MR) is 103 cm³/mol. The van der Waals surface area contributed by atoms with Gasteiger partial charge in [-0.3, -0.25) is 9.48 Å². The Kier molecular flexibility index (Phi) is 7.28. The molecule has 3 rings (SSSR count). The summed E-state index contributed by atoms with van der Waals surface area (Å²) in [6, 6.07) is 12.3. The van der Waals surface area contributed by atoms with Crippen LogP contribution in [-0.2, 0) is 0 Å². The highest BCUT2D eigenvalue weighted by atomic mass is 35.5. The van der Waals surface area contributed by atoms with E-state index in [1.807, 2.05) is 36.1 Å². The van der Waals surface area contributed by atoms with Crippen LogP contribution in [0.5, 0.6) is 0 Å². The summed E-state index contributed by atoms with van der Waals surface area (Å²) < 4.78 is 1.91. The van der Waals surface area contributed by atoms with Crippen molar-refractivity contribution in [3.05, 3.63) is 48.3 Å². The van der Waals surface area contributed by atoms with Crippen LogP contribution in [0.3, 0.4) is 0 Å². The van der Waals surface area contributed by atoms with Crippen LogP contribution in [0.2, 0.25) is 0 Å². The Morgan fingerprint density at radius 1 is 1.36 bits per heavy atom. The van der Waals surface area contributed by atoms with Crippen LogP contribution in [0.25, 0.3) is 0 Å². The van der Waals surface area contributed by atoms with E-state index in [9.17, 15) is 4.79 Å². The van der Waals surface area contributed by atoms with Crippen molar-refractivity contribution in [1.29, 1.82) is 0 Å². The first kappa shape index (κ1) is 19.3. The number of piperidine rings is 1. The van der Waals surface area contributed by atoms with E-state index in [1.54, 1.807) is 6.07 Å². The Labute approximate surface area is 155 Å². The lowest BCUT2D eigenvalue weighted by Gasteiger charge is -2.22. The standard InChI is InChI=1S/C18H25N5O.ClH/c1-22(15-6-3-2-4-7-15)13-11-20-18(24)17-9-12-23(21-17)16-8-5-10-19-14-16;/h2-4,6-7,9,12,16,19H,5,8,10-11,13-14H2,1H3,(H,20,24);1H. The van der Waals surface area contributed by atoms with Gasteiger partial charge in [-0.1, -0.05) is 18.2 Å². The molecule has 1 unspecified atom stereocenters. The lowest BCUT2D eigenvalue weighted by Crippen LogP contribution is -2.34. The Bertz CT molecular complexity index is 654. The maximum Gasteiger partial charge on any atom is 0.271 e. The summed E-state index contributed by atoms with van der Waals surface area (Å²) in [6.07, 6.45) is 4.16. The van der Waals surface area contributed by atoms with Crippen molar-refractivity contribution in [3.63, 3.8) is 0 Å². The van der Waals surface area contributed by atoms with Crippen LogP contribution in [0.1, 0.15) is 29.4 Å². The van der Waals surface area contributed by atoms with E-state index < -0.39 is 0 Å². The summed E-state index contributed by atoms with van der Waals surface area (Å²) in [5.41, 5.74) is 1.63. The molecule has 1 aliphatic rings. The molecular formula is C18H26ClN5O. The SMILES string of the molecule is CN(CCNC(=O)c1ccn(C2CCCNC2)n1)c1ccccc1.Cl. The molecule has 0 radical (unpaired) electrons. The second kappa shape index (κ2) is 9.44. The number of amides is 1. The summed E-state index contributed by atoms with van der Waals surface area (Å²) in [6.45, 7) is 3.33. The number of nitrogens with zero attached hydrogens (tertiary/aromatic N) is 3. The molecule has 0 aliphatic carbocycles. The van der Waals surface area contributed by atoms with Crippen LogP contribution >= 0.6 is 12.4 Å². The van der Waals surface area contributed by atoms with Gasteiger partial charge >= 0.3 is 0 Å². The molecule has 1 amide bonds. The Morgan fingerprint density at radius 3 is 2.88 bits per heavy atom. The number of benzene rings is 1. The monoisotopic (exact) mass is 363 g/mol. The fraction of sp³-hybridized carbons (Fsp3) is 0.444. The highest BCUT2D eigenvalue weighted by Gasteiger charge is 2.17. The minimum Gasteiger partial charge on any atom is -0.373 e. The van der Waals surface area contributed by atoms with E-state index >= 15 is 0 Å². The van der Waals surface area contributed by atoms with E-state index in [0.717, 1.165) is 38.2 Å². The fourth-order valence-electron chi connectivity index (χ4n) is 2.96. The van der Waals surface area contributed by atoms with Crippen molar-refractivity contribution in [2.24, 2.45) is 0 Å². The smallest absolute Gasteiger partial charge is 0.271 e. The maximum absolute atomic E-state index is 12.2. The number of carbonyl (C=O) groups excluding carboxylic acids is 1. The summed E-state index contributed by atoms with van der Waals surface area (Å²) in [7, 11) is 2.02. The van der Waals surface area contributed by atoms with E-state index in [-0.39, 0.29) is 18.3 Å². The van der Waals surface area contributed by atoms with Gasteiger partial charge in [0.2, 0.25) is 0 Å². The molecule has 2 heterocycles. The highest BCUT2D eigenvalue weighted by molar-refractivity contribution is 5.92. The summed E-state index contributed by atoms with van der Waals surface area (Å²) in [4.78, 5) is 14.4. The van der Waals surface area contributed by atoms with Crippen LogP contribution < -0.4 is 15.5 Å². The van der Waals surface area contributed by atoms with Crippen molar-refractivity contribution in [3.8, 4) is 0 Å². The van der Waals surface area contributed by atoms with E-state index in [2.05, 4.69) is 32.8 Å². The average molecular weight is 364 g/mol. The number of hydrogen-bond donors (Lipinski definition) is 2. The number of halogens is 1. The second-order valence-electron chi connectivity index (χ2n) is 6.19. The average Bonchev–Trinajstić information content (AvgIpc) is 3.13. The normalized spacial score (nSPS) is 16.8. The van der Waals surface area contributed by atoms with Gasteiger partial charge in [-0.15, -0.1) is 12.4 Å². The number of carbonyl (C=O) groups is 1. The van der Waals surface area contributed by atoms with Crippen LogP contribution in [-0.4, -0.2) is 48.9 Å². The number of likely N-dealkylation sites (N-methyl/N-ethyl adjacent to an activating group) is 1. The van der Waals surface area contributed by atoms with Crippen LogP contribution in [0, 0.1) is 0 Å². The Hall–Kier alpha value is -2.05. The minimum atomic E-state index is -0.112. The molecule has 1 fully saturated rings. The van der Waals surface area contributed by atoms with Crippen LogP contribution in [0.4, 0.5) is 5.69 Å². The van der Waals surface area contributed by atoms with Crippen molar-refractivity contribution in [2.45, 2.75) is 18.9 Å². The van der Waals surface area contributed by atoms with Gasteiger partial charge in [-0.25, -0.2) is 0 Å². The van der Waals surface area contributed by atoms with Gasteiger partial charge in [0.25, 0.3) is 5.91 Å². The fourth-order valence-corrected chi connectivity index (χ4v) is 2.96. The molecule has 0 bridgehead atoms. The van der Waals surface area contributed by atoms with Crippen molar-refractivity contribution in [2.75, 3.05) is 38.1 Å². The Morgan fingerprint density at radius 2 is 2.16 bits per heavy atom. The predicted octanol–water partition coefficient (Wildman–Crippen LogP) is 2.10. The second-order valence-corrected chi connectivity index (χ2v) is 6.19. The zero-order valence-corrected chi connectivity index (χ0v) is 15.3. The molecule has 2 aromatic rings. The molecule has 2 N–H and O–H groups in total. The summed E-state index contributed by atoms with van der Waals surface area (Å²) in [5.74, 6) is -0.112. The molecule has 1 aromatic carbocycles. The van der Waals surface area contributed by atoms with E-state index in [0.29, 0.717) is 18.3 Å². The zero-order valence-electron chi connectivity index (χ0n) is 14.5. The van der Waals surface area contributed by atoms with Gasteiger partial charge in [0.15, 0.2) is 0 Å². The Balaban J connectivity index is 0.00000225. The van der Waals surface area contributed by atoms with Gasteiger partial charge in [0, 0.05) is 38.6 Å². The first-order valence-electron chi connectivity index (χ1n) is 8.54. The number of para-hydroxylation sites is 1. The quantitative estimate of drug-likeness (QED) is 0.825. The largest absolute Gasteiger partial charge is 0.373 e. The third-order valence-corrected chi connectivity index (χ3v) is 4.42. The molecule has 1 atom stereocenters. The third-order valence-electron chi connectivity index (χ3n) is 4.42. The molecule has 0 saturated carbocycles. The van der Waals surface area contributed by atoms with E-state index in [4.69, 9.17) is 0 Å². The number of anilines is 1. The molecule has 7 heteroatoms. The molecule has 1 saturated heterocycles. The van der Waals surface area contributed by atoms with Crippen molar-refractivity contribution in [1.82, 2.24) is 20.4 Å². The third kappa shape index (κ3) is 5.21. The molecule has 25 heavy (non-hydrogen) atoms. The number of aromatic nitrogens is 2. The summed E-state index contributed by atoms with van der Waals surface area (Å²) in [5, 5.41) is 10.8. The number of hydrogen-bond acceptors (Lipinski definition) is 4. The van der Waals surface area contributed by atoms with Gasteiger partial charge in [0.05, 0.1) is 6.04 Å². The lowest BCUT2D eigenvalue weighted by atomic mass is 10.1. The minimum absolute atomic E-state index is 0. The highest BCUT2D eigenvalue weighted by Crippen LogP contribution is 2.15. The van der Waals surface area contributed by atoms with Crippen molar-refractivity contribution < 1.29 is 4.79 Å². The number of rotatable bonds is 6. The van der Waals surface area contributed by atoms with Crippen molar-refractivity contribution >= 4 is 24.0 Å². The van der Waals surface area contributed by atoms with Gasteiger partial charge in [-0.2, -0.15) is 5.10 Å². The van der Waals surface area contributed by atoms with Gasteiger partial charge in [-0.05, 0) is 37.6 Å². The lowest BCUT2D eigenvalue weighted by molar-refractivity contribution is 0.0948. The number of nitrogens with one attached hydrogen (secondary N) is 2.